The van der Waals surface area contributed by atoms with Crippen LogP contribution < -0.4 is 15.8 Å². The molecule has 0 spiro atoms. The highest BCUT2D eigenvalue weighted by molar-refractivity contribution is 7.89. The third-order valence-electron chi connectivity index (χ3n) is 7.14. The Morgan fingerprint density at radius 3 is 2.35 bits per heavy atom. The Morgan fingerprint density at radius 1 is 1.07 bits per heavy atom. The topological polar surface area (TPSA) is 142 Å². The molecule has 3 atom stereocenters. The molecule has 2 aliphatic heterocycles. The number of hydrogen-bond acceptors (Lipinski definition) is 7. The number of carboxylic acids is 1. The molecule has 0 aliphatic carbocycles. The van der Waals surface area contributed by atoms with Gasteiger partial charge in [0.05, 0.1) is 4.90 Å². The van der Waals surface area contributed by atoms with Gasteiger partial charge in [-0.1, -0.05) is 41.8 Å². The van der Waals surface area contributed by atoms with Crippen molar-refractivity contribution in [3.63, 3.8) is 0 Å². The first kappa shape index (κ1) is 30.5. The summed E-state index contributed by atoms with van der Waals surface area (Å²) in [7, 11) is -4.19. The number of carboxylic acid groups (broad SMARTS) is 1. The highest BCUT2D eigenvalue weighted by Crippen LogP contribution is 2.29. The summed E-state index contributed by atoms with van der Waals surface area (Å²) in [5.41, 5.74) is 6.70. The Kier molecular flexibility index (Phi) is 10.3. The zero-order chi connectivity index (χ0) is 28.9. The first-order chi connectivity index (χ1) is 19.0. The summed E-state index contributed by atoms with van der Waals surface area (Å²) in [6.45, 7) is 3.50. The number of hydrogen-bond donors (Lipinski definition) is 3. The quantitative estimate of drug-likeness (QED) is 0.351. The van der Waals surface area contributed by atoms with Gasteiger partial charge in [0.15, 0.2) is 0 Å². The van der Waals surface area contributed by atoms with Gasteiger partial charge in [-0.15, -0.1) is 0 Å². The van der Waals surface area contributed by atoms with Crippen molar-refractivity contribution in [3.05, 3.63) is 58.1 Å². The summed E-state index contributed by atoms with van der Waals surface area (Å²) in [6.07, 6.45) is 3.75. The minimum atomic E-state index is -4.19. The molecule has 2 aliphatic rings. The van der Waals surface area contributed by atoms with Gasteiger partial charge in [-0.05, 0) is 68.2 Å². The fourth-order valence-electron chi connectivity index (χ4n) is 5.05. The van der Waals surface area contributed by atoms with Crippen molar-refractivity contribution in [3.8, 4) is 5.75 Å². The fourth-order valence-corrected chi connectivity index (χ4v) is 7.44. The highest BCUT2D eigenvalue weighted by atomic mass is 35.5. The van der Waals surface area contributed by atoms with Crippen LogP contribution >= 0.6 is 23.2 Å². The number of benzene rings is 2. The van der Waals surface area contributed by atoms with E-state index in [4.69, 9.17) is 33.7 Å². The second-order valence-corrected chi connectivity index (χ2v) is 13.0. The number of nitrogens with one attached hydrogen (secondary N) is 1. The van der Waals surface area contributed by atoms with E-state index in [0.29, 0.717) is 17.9 Å². The second kappa shape index (κ2) is 13.5. The molecule has 0 saturated carbocycles. The Bertz CT molecular complexity index is 1280. The fraction of sp³-hybridized carbons (Fsp3) is 0.481. The number of ether oxygens (including phenoxy) is 1. The number of nitrogens with zero attached hydrogens (tertiary/aromatic N) is 2. The van der Waals surface area contributed by atoms with Crippen LogP contribution in [0.5, 0.6) is 5.75 Å². The predicted octanol–water partition coefficient (Wildman–Crippen LogP) is 2.76. The van der Waals surface area contributed by atoms with Gasteiger partial charge >= 0.3 is 5.97 Å². The van der Waals surface area contributed by atoms with Gasteiger partial charge in [0.25, 0.3) is 0 Å². The number of halogens is 2. The summed E-state index contributed by atoms with van der Waals surface area (Å²) in [5, 5.41) is 12.6. The number of amides is 1. The maximum Gasteiger partial charge on any atom is 0.326 e. The molecule has 13 heteroatoms. The van der Waals surface area contributed by atoms with Gasteiger partial charge in [0.1, 0.15) is 24.4 Å². The van der Waals surface area contributed by atoms with Crippen molar-refractivity contribution < 1.29 is 27.9 Å². The standard InChI is InChI=1S/C27H34Cl2N4O6S/c28-19-13-20(29)15-23(14-19)40(37,38)33-17-21(30)16-25(33)26(34)31-24(27(35)36)12-18-4-6-22(7-5-18)39-11-10-32-8-2-1-3-9-32/h4-7,13-15,21,24-25H,1-3,8-12,16-17,30H2,(H,31,34)(H,35,36)/t21-,24-,25-/m0/s1. The predicted molar refractivity (Wildman–Crippen MR) is 152 cm³/mol. The SMILES string of the molecule is N[C@H]1C[C@@H](C(=O)N[C@@H](Cc2ccc(OCCN3CCCCC3)cc2)C(=O)O)N(S(=O)(=O)c2cc(Cl)cc(Cl)c2)C1. The number of carbonyl (C=O) groups is 2. The van der Waals surface area contributed by atoms with Crippen molar-refractivity contribution >= 4 is 45.1 Å². The molecule has 218 valence electrons. The van der Waals surface area contributed by atoms with Crippen LogP contribution in [0.4, 0.5) is 0 Å². The molecule has 1 amide bonds. The van der Waals surface area contributed by atoms with E-state index >= 15 is 0 Å². The summed E-state index contributed by atoms with van der Waals surface area (Å²) >= 11 is 12.0. The van der Waals surface area contributed by atoms with Crippen LogP contribution in [0.1, 0.15) is 31.2 Å². The third kappa shape index (κ3) is 7.86. The first-order valence-corrected chi connectivity index (χ1v) is 15.4. The van der Waals surface area contributed by atoms with Gasteiger partial charge in [0, 0.05) is 35.6 Å². The molecule has 0 bridgehead atoms. The van der Waals surface area contributed by atoms with Crippen molar-refractivity contribution in [1.29, 1.82) is 0 Å². The molecule has 0 unspecified atom stereocenters. The van der Waals surface area contributed by atoms with Crippen molar-refractivity contribution in [2.75, 3.05) is 32.8 Å². The third-order valence-corrected chi connectivity index (χ3v) is 9.42. The minimum Gasteiger partial charge on any atom is -0.492 e. The summed E-state index contributed by atoms with van der Waals surface area (Å²) in [4.78, 5) is 27.4. The average molecular weight is 614 g/mol. The smallest absolute Gasteiger partial charge is 0.326 e. The zero-order valence-corrected chi connectivity index (χ0v) is 24.3. The number of nitrogens with two attached hydrogens (primary N) is 1. The van der Waals surface area contributed by atoms with Crippen LogP contribution in [-0.2, 0) is 26.0 Å². The number of aliphatic carboxylic acids is 1. The van der Waals surface area contributed by atoms with Crippen molar-refractivity contribution in [2.45, 2.75) is 55.1 Å². The summed E-state index contributed by atoms with van der Waals surface area (Å²) < 4.78 is 33.5. The Morgan fingerprint density at radius 2 is 1.73 bits per heavy atom. The number of rotatable bonds is 11. The van der Waals surface area contributed by atoms with Crippen LogP contribution in [0.15, 0.2) is 47.4 Å². The van der Waals surface area contributed by atoms with Crippen LogP contribution in [-0.4, -0.2) is 85.5 Å². The molecule has 10 nitrogen and oxygen atoms in total. The van der Waals surface area contributed by atoms with Gasteiger partial charge in [-0.25, -0.2) is 13.2 Å². The molecule has 2 heterocycles. The lowest BCUT2D eigenvalue weighted by Crippen LogP contribution is -2.51. The molecular weight excluding hydrogens is 579 g/mol. The van der Waals surface area contributed by atoms with E-state index in [-0.39, 0.29) is 34.3 Å². The van der Waals surface area contributed by atoms with E-state index in [1.165, 1.54) is 37.5 Å². The molecular formula is C27H34Cl2N4O6S. The van der Waals surface area contributed by atoms with Gasteiger partial charge in [-0.3, -0.25) is 9.69 Å². The zero-order valence-electron chi connectivity index (χ0n) is 22.0. The van der Waals surface area contributed by atoms with Gasteiger partial charge in [0.2, 0.25) is 15.9 Å². The van der Waals surface area contributed by atoms with Gasteiger partial charge in [-0.2, -0.15) is 4.31 Å². The maximum atomic E-state index is 13.3. The van der Waals surface area contributed by atoms with Gasteiger partial charge < -0.3 is 20.9 Å². The summed E-state index contributed by atoms with van der Waals surface area (Å²) in [6, 6.07) is 7.85. The molecule has 4 rings (SSSR count). The summed E-state index contributed by atoms with van der Waals surface area (Å²) in [5.74, 6) is -1.30. The molecule has 0 aromatic heterocycles. The lowest BCUT2D eigenvalue weighted by molar-refractivity contribution is -0.142. The molecule has 0 radical (unpaired) electrons. The van der Waals surface area contributed by atoms with Crippen LogP contribution in [0, 0.1) is 0 Å². The minimum absolute atomic E-state index is 0.00452. The van der Waals surface area contributed by atoms with E-state index in [1.807, 2.05) is 0 Å². The second-order valence-electron chi connectivity index (χ2n) is 10.2. The number of carbonyl (C=O) groups excluding carboxylic acids is 1. The van der Waals surface area contributed by atoms with Crippen LogP contribution in [0.2, 0.25) is 10.0 Å². The first-order valence-electron chi connectivity index (χ1n) is 13.2. The normalized spacial score (nSPS) is 21.2. The van der Waals surface area contributed by atoms with E-state index < -0.39 is 40.0 Å². The lowest BCUT2D eigenvalue weighted by Gasteiger charge is -2.26. The van der Waals surface area contributed by atoms with E-state index in [0.717, 1.165) is 23.9 Å². The molecule has 2 aromatic carbocycles. The van der Waals surface area contributed by atoms with E-state index in [1.54, 1.807) is 24.3 Å². The molecule has 2 aromatic rings. The van der Waals surface area contributed by atoms with Crippen molar-refractivity contribution in [2.24, 2.45) is 5.73 Å². The average Bonchev–Trinajstić information content (AvgIpc) is 3.32. The largest absolute Gasteiger partial charge is 0.492 e. The van der Waals surface area contributed by atoms with Crippen molar-refractivity contribution in [1.82, 2.24) is 14.5 Å². The number of sulfonamides is 1. The molecule has 2 fully saturated rings. The maximum absolute atomic E-state index is 13.3. The Labute approximate surface area is 244 Å². The van der Waals surface area contributed by atoms with Crippen LogP contribution in [0.25, 0.3) is 0 Å². The lowest BCUT2D eigenvalue weighted by atomic mass is 10.0. The number of piperidine rings is 1. The monoisotopic (exact) mass is 612 g/mol. The number of likely N-dealkylation sites (tertiary alicyclic amines) is 1. The van der Waals surface area contributed by atoms with Crippen LogP contribution in [0.3, 0.4) is 0 Å². The van der Waals surface area contributed by atoms with E-state index in [9.17, 15) is 23.1 Å². The Balaban J connectivity index is 1.38. The molecule has 4 N–H and O–H groups in total. The molecule has 2 saturated heterocycles. The highest BCUT2D eigenvalue weighted by Gasteiger charge is 2.43. The van der Waals surface area contributed by atoms with E-state index in [2.05, 4.69) is 10.2 Å². The Hall–Kier alpha value is -2.41. The molecule has 40 heavy (non-hydrogen) atoms.